The van der Waals surface area contributed by atoms with Crippen LogP contribution in [0.25, 0.3) is 0 Å². The summed E-state index contributed by atoms with van der Waals surface area (Å²) >= 11 is 0. The molecule has 3 atom stereocenters. The molecule has 0 unspecified atom stereocenters. The second-order valence-electron chi connectivity index (χ2n) is 4.54. The van der Waals surface area contributed by atoms with Gasteiger partial charge in [-0.25, -0.2) is 0 Å². The Morgan fingerprint density at radius 3 is 2.61 bits per heavy atom. The Morgan fingerprint density at radius 2 is 2.00 bits per heavy atom. The Hall–Kier alpha value is -1.17. The van der Waals surface area contributed by atoms with Gasteiger partial charge >= 0.3 is 5.97 Å². The van der Waals surface area contributed by atoms with E-state index in [0.29, 0.717) is 19.3 Å². The SMILES string of the molecule is O=C(O)[C@H]1CC[C@@H](O[Si]c2ccccc2)[C@H](O)C1. The van der Waals surface area contributed by atoms with Crippen LogP contribution >= 0.6 is 0 Å². The van der Waals surface area contributed by atoms with Gasteiger partial charge in [0.2, 0.25) is 0 Å². The Kier molecular flexibility index (Phi) is 4.52. The van der Waals surface area contributed by atoms with Crippen molar-refractivity contribution < 1.29 is 19.4 Å². The van der Waals surface area contributed by atoms with Crippen molar-refractivity contribution in [3.05, 3.63) is 30.3 Å². The van der Waals surface area contributed by atoms with Crippen LogP contribution in [0.4, 0.5) is 0 Å². The maximum atomic E-state index is 10.8. The van der Waals surface area contributed by atoms with Crippen LogP contribution in [0.3, 0.4) is 0 Å². The molecule has 0 aliphatic heterocycles. The minimum absolute atomic E-state index is 0.201. The summed E-state index contributed by atoms with van der Waals surface area (Å²) in [6.07, 6.45) is 0.573. The van der Waals surface area contributed by atoms with Gasteiger partial charge in [0.15, 0.2) is 0 Å². The average Bonchev–Trinajstić information content (AvgIpc) is 2.38. The fourth-order valence-electron chi connectivity index (χ4n) is 2.13. The van der Waals surface area contributed by atoms with Gasteiger partial charge < -0.3 is 14.6 Å². The summed E-state index contributed by atoms with van der Waals surface area (Å²) in [6, 6.07) is 9.80. The fraction of sp³-hybridized carbons (Fsp3) is 0.462. The lowest BCUT2D eigenvalue weighted by Gasteiger charge is -2.31. The van der Waals surface area contributed by atoms with E-state index in [2.05, 4.69) is 0 Å². The molecule has 5 heteroatoms. The number of hydrogen-bond acceptors (Lipinski definition) is 3. The van der Waals surface area contributed by atoms with Crippen molar-refractivity contribution in [3.8, 4) is 0 Å². The first-order valence-electron chi connectivity index (χ1n) is 6.04. The molecule has 18 heavy (non-hydrogen) atoms. The lowest BCUT2D eigenvalue weighted by molar-refractivity contribution is -0.145. The summed E-state index contributed by atoms with van der Waals surface area (Å²) in [4.78, 5) is 10.8. The third kappa shape index (κ3) is 3.41. The quantitative estimate of drug-likeness (QED) is 0.780. The third-order valence-corrected chi connectivity index (χ3v) is 4.20. The first kappa shape index (κ1) is 13.3. The van der Waals surface area contributed by atoms with Gasteiger partial charge in [-0.15, -0.1) is 0 Å². The Bertz CT molecular complexity index is 395. The summed E-state index contributed by atoms with van der Waals surface area (Å²) in [5.41, 5.74) is 0. The predicted octanol–water partition coefficient (Wildman–Crippen LogP) is 0.562. The number of aliphatic carboxylic acids is 1. The molecule has 2 radical (unpaired) electrons. The van der Waals surface area contributed by atoms with Crippen molar-refractivity contribution in [2.75, 3.05) is 0 Å². The van der Waals surface area contributed by atoms with E-state index in [1.807, 2.05) is 30.3 Å². The number of rotatable bonds is 4. The van der Waals surface area contributed by atoms with Gasteiger partial charge in [0.05, 0.1) is 18.1 Å². The number of hydrogen-bond donors (Lipinski definition) is 2. The van der Waals surface area contributed by atoms with Crippen molar-refractivity contribution in [2.24, 2.45) is 5.92 Å². The van der Waals surface area contributed by atoms with Gasteiger partial charge in [-0.3, -0.25) is 4.79 Å². The molecule has 0 aromatic heterocycles. The number of benzene rings is 1. The molecule has 0 heterocycles. The van der Waals surface area contributed by atoms with Gasteiger partial charge in [-0.2, -0.15) is 0 Å². The smallest absolute Gasteiger partial charge is 0.306 e. The summed E-state index contributed by atoms with van der Waals surface area (Å²) in [6.45, 7) is 0. The average molecular weight is 264 g/mol. The summed E-state index contributed by atoms with van der Waals surface area (Å²) in [5, 5.41) is 19.9. The summed E-state index contributed by atoms with van der Waals surface area (Å²) < 4.78 is 5.69. The van der Waals surface area contributed by atoms with Crippen LogP contribution in [0.2, 0.25) is 0 Å². The van der Waals surface area contributed by atoms with Crippen LogP contribution in [0.15, 0.2) is 30.3 Å². The molecule has 1 aliphatic carbocycles. The van der Waals surface area contributed by atoms with Gasteiger partial charge in [0.25, 0.3) is 9.76 Å². The molecule has 96 valence electrons. The Morgan fingerprint density at radius 1 is 1.28 bits per heavy atom. The summed E-state index contributed by atoms with van der Waals surface area (Å²) in [7, 11) is 0.201. The molecule has 0 saturated heterocycles. The molecule has 2 N–H and O–H groups in total. The highest BCUT2D eigenvalue weighted by molar-refractivity contribution is 6.46. The Balaban J connectivity index is 1.83. The van der Waals surface area contributed by atoms with Crippen molar-refractivity contribution in [1.82, 2.24) is 0 Å². The maximum absolute atomic E-state index is 10.8. The topological polar surface area (TPSA) is 66.8 Å². The lowest BCUT2D eigenvalue weighted by atomic mass is 9.85. The summed E-state index contributed by atoms with van der Waals surface area (Å²) in [5.74, 6) is -1.25. The molecule has 2 rings (SSSR count). The van der Waals surface area contributed by atoms with Crippen molar-refractivity contribution >= 4 is 20.9 Å². The number of aliphatic hydroxyl groups is 1. The van der Waals surface area contributed by atoms with E-state index in [0.717, 1.165) is 5.19 Å². The van der Waals surface area contributed by atoms with Crippen LogP contribution in [-0.4, -0.2) is 38.2 Å². The van der Waals surface area contributed by atoms with Gasteiger partial charge in [0.1, 0.15) is 0 Å². The van der Waals surface area contributed by atoms with E-state index in [-0.39, 0.29) is 15.9 Å². The van der Waals surface area contributed by atoms with Crippen LogP contribution in [0.1, 0.15) is 19.3 Å². The van der Waals surface area contributed by atoms with Gasteiger partial charge in [-0.05, 0) is 24.4 Å². The number of carboxylic acids is 1. The zero-order valence-corrected chi connectivity index (χ0v) is 11.0. The van der Waals surface area contributed by atoms with E-state index in [9.17, 15) is 9.90 Å². The maximum Gasteiger partial charge on any atom is 0.306 e. The zero-order chi connectivity index (χ0) is 13.0. The molecule has 4 nitrogen and oxygen atoms in total. The number of carbonyl (C=O) groups is 1. The molecular weight excluding hydrogens is 248 g/mol. The Labute approximate surface area is 109 Å². The molecule has 1 aliphatic rings. The van der Waals surface area contributed by atoms with Crippen LogP contribution in [0.5, 0.6) is 0 Å². The minimum atomic E-state index is -0.821. The molecule has 0 bridgehead atoms. The first-order valence-corrected chi connectivity index (χ1v) is 6.95. The van der Waals surface area contributed by atoms with Crippen molar-refractivity contribution in [2.45, 2.75) is 31.5 Å². The molecule has 0 spiro atoms. The van der Waals surface area contributed by atoms with E-state index in [1.165, 1.54) is 0 Å². The van der Waals surface area contributed by atoms with Gasteiger partial charge in [-0.1, -0.05) is 30.3 Å². The highest BCUT2D eigenvalue weighted by Crippen LogP contribution is 2.26. The van der Waals surface area contributed by atoms with Crippen molar-refractivity contribution in [3.63, 3.8) is 0 Å². The third-order valence-electron chi connectivity index (χ3n) is 3.21. The molecular formula is C13H16O4Si. The molecule has 0 amide bonds. The van der Waals surface area contributed by atoms with Crippen LogP contribution < -0.4 is 5.19 Å². The zero-order valence-electron chi connectivity index (χ0n) is 9.95. The number of aliphatic hydroxyl groups excluding tert-OH is 1. The standard InChI is InChI=1S/C13H16O4Si/c14-11-8-9(13(15)16)6-7-12(11)17-18-10-4-2-1-3-5-10/h1-5,9,11-12,14H,6-8H2,(H,15,16)/t9-,11+,12+/m0/s1. The van der Waals surface area contributed by atoms with E-state index in [4.69, 9.17) is 9.53 Å². The van der Waals surface area contributed by atoms with Crippen molar-refractivity contribution in [1.29, 1.82) is 0 Å². The van der Waals surface area contributed by atoms with Gasteiger partial charge in [0, 0.05) is 0 Å². The highest BCUT2D eigenvalue weighted by atomic mass is 28.2. The van der Waals surface area contributed by atoms with E-state index in [1.54, 1.807) is 0 Å². The molecule has 1 aromatic rings. The second kappa shape index (κ2) is 6.13. The van der Waals surface area contributed by atoms with E-state index < -0.39 is 18.0 Å². The minimum Gasteiger partial charge on any atom is -0.481 e. The monoisotopic (exact) mass is 264 g/mol. The molecule has 1 fully saturated rings. The first-order chi connectivity index (χ1) is 8.66. The lowest BCUT2D eigenvalue weighted by Crippen LogP contribution is -2.40. The predicted molar refractivity (Wildman–Crippen MR) is 67.7 cm³/mol. The fourth-order valence-corrected chi connectivity index (χ4v) is 3.02. The van der Waals surface area contributed by atoms with Crippen LogP contribution in [-0.2, 0) is 9.22 Å². The molecule has 1 aromatic carbocycles. The van der Waals surface area contributed by atoms with E-state index >= 15 is 0 Å². The largest absolute Gasteiger partial charge is 0.481 e. The van der Waals surface area contributed by atoms with Crippen LogP contribution in [0, 0.1) is 5.92 Å². The molecule has 1 saturated carbocycles. The second-order valence-corrected chi connectivity index (χ2v) is 5.56. The highest BCUT2D eigenvalue weighted by Gasteiger charge is 2.33. The normalized spacial score (nSPS) is 27.9. The number of carboxylic acid groups (broad SMARTS) is 1.